The van der Waals surface area contributed by atoms with Gasteiger partial charge < -0.3 is 0 Å². The monoisotopic (exact) mass is 772 g/mol. The van der Waals surface area contributed by atoms with Crippen LogP contribution in [0.1, 0.15) is 25.0 Å². The van der Waals surface area contributed by atoms with Gasteiger partial charge in [0.2, 0.25) is 0 Å². The number of fused-ring (bicyclic) bond motifs is 15. The highest BCUT2D eigenvalue weighted by molar-refractivity contribution is 6.29. The first-order chi connectivity index (χ1) is 30.1. The maximum absolute atomic E-state index is 2.45. The van der Waals surface area contributed by atoms with Crippen molar-refractivity contribution in [2.24, 2.45) is 0 Å². The molecule has 0 spiro atoms. The van der Waals surface area contributed by atoms with Crippen LogP contribution >= 0.6 is 0 Å². The molecule has 0 N–H and O–H groups in total. The predicted octanol–water partition coefficient (Wildman–Crippen LogP) is 17.1. The Bertz CT molecular complexity index is 3790. The van der Waals surface area contributed by atoms with Crippen molar-refractivity contribution >= 4 is 75.4 Å². The Morgan fingerprint density at radius 2 is 0.770 bits per heavy atom. The van der Waals surface area contributed by atoms with Crippen molar-refractivity contribution in [3.63, 3.8) is 0 Å². The van der Waals surface area contributed by atoms with E-state index in [-0.39, 0.29) is 5.41 Å². The van der Waals surface area contributed by atoms with Crippen molar-refractivity contribution < 1.29 is 0 Å². The highest BCUT2D eigenvalue weighted by atomic mass is 14.4. The fourth-order valence-electron chi connectivity index (χ4n) is 11.4. The smallest absolute Gasteiger partial charge is 0.0165 e. The van der Waals surface area contributed by atoms with Crippen LogP contribution in [0.3, 0.4) is 0 Å². The lowest BCUT2D eigenvalue weighted by molar-refractivity contribution is 0.666. The van der Waals surface area contributed by atoms with Gasteiger partial charge in [0.1, 0.15) is 0 Å². The lowest BCUT2D eigenvalue weighted by Gasteiger charge is -2.24. The second kappa shape index (κ2) is 12.7. The Kier molecular flexibility index (Phi) is 7.17. The van der Waals surface area contributed by atoms with Crippen molar-refractivity contribution in [3.05, 3.63) is 217 Å². The number of rotatable bonds is 3. The lowest BCUT2D eigenvalue weighted by atomic mass is 9.79. The predicted molar refractivity (Wildman–Crippen MR) is 263 cm³/mol. The first-order valence-corrected chi connectivity index (χ1v) is 21.5. The molecule has 0 saturated carbocycles. The van der Waals surface area contributed by atoms with Crippen LogP contribution in [-0.4, -0.2) is 0 Å². The molecule has 61 heavy (non-hydrogen) atoms. The molecule has 0 atom stereocenters. The highest BCUT2D eigenvalue weighted by Crippen LogP contribution is 2.57. The van der Waals surface area contributed by atoms with Crippen molar-refractivity contribution in [1.29, 1.82) is 0 Å². The molecule has 0 aromatic heterocycles. The van der Waals surface area contributed by atoms with Crippen LogP contribution in [0.15, 0.2) is 206 Å². The molecular formula is C61H40. The van der Waals surface area contributed by atoms with Gasteiger partial charge >= 0.3 is 0 Å². The first-order valence-electron chi connectivity index (χ1n) is 21.5. The molecule has 0 saturated heterocycles. The molecule has 0 nitrogen and oxygen atoms in total. The Labute approximate surface area is 355 Å². The van der Waals surface area contributed by atoms with E-state index in [1.165, 1.54) is 131 Å². The average molecular weight is 773 g/mol. The van der Waals surface area contributed by atoms with Crippen LogP contribution in [-0.2, 0) is 5.41 Å². The zero-order chi connectivity index (χ0) is 40.4. The van der Waals surface area contributed by atoms with Crippen LogP contribution in [0.5, 0.6) is 0 Å². The van der Waals surface area contributed by atoms with E-state index >= 15 is 0 Å². The third-order valence-corrected chi connectivity index (χ3v) is 14.0. The fraction of sp³-hybridized carbons (Fsp3) is 0.0492. The highest BCUT2D eigenvalue weighted by Gasteiger charge is 2.39. The summed E-state index contributed by atoms with van der Waals surface area (Å²) in [6.07, 6.45) is 0. The van der Waals surface area contributed by atoms with E-state index in [4.69, 9.17) is 0 Å². The number of hydrogen-bond donors (Lipinski definition) is 0. The van der Waals surface area contributed by atoms with Crippen LogP contribution < -0.4 is 0 Å². The summed E-state index contributed by atoms with van der Waals surface area (Å²) in [7, 11) is 0. The Morgan fingerprint density at radius 3 is 1.46 bits per heavy atom. The van der Waals surface area contributed by atoms with Gasteiger partial charge in [0.05, 0.1) is 0 Å². The van der Waals surface area contributed by atoms with E-state index in [0.717, 1.165) is 0 Å². The minimum atomic E-state index is -0.163. The van der Waals surface area contributed by atoms with E-state index < -0.39 is 0 Å². The number of hydrogen-bond acceptors (Lipinski definition) is 0. The zero-order valence-corrected chi connectivity index (χ0v) is 34.1. The second-order valence-corrected chi connectivity index (χ2v) is 17.5. The molecule has 0 heteroatoms. The summed E-state index contributed by atoms with van der Waals surface area (Å²) in [6.45, 7) is 4.83. The van der Waals surface area contributed by atoms with E-state index in [2.05, 4.69) is 220 Å². The quantitative estimate of drug-likeness (QED) is 0.124. The molecule has 0 heterocycles. The molecule has 1 aliphatic rings. The van der Waals surface area contributed by atoms with Crippen molar-refractivity contribution in [2.75, 3.05) is 0 Å². The molecule has 284 valence electrons. The van der Waals surface area contributed by atoms with E-state index in [1.54, 1.807) is 0 Å². The fourth-order valence-corrected chi connectivity index (χ4v) is 11.4. The van der Waals surface area contributed by atoms with Gasteiger partial charge in [-0.05, 0) is 143 Å². The molecular weight excluding hydrogens is 733 g/mol. The maximum atomic E-state index is 2.45. The standard InChI is InChI=1S/C61H40/c1-61(2)54-32-16-31-42(58(54)59-47-25-9-5-21-43(47)44-22-7-14-30-52(44)60(59)61)38-18-15-19-39(35-38)56-48-26-10-12-28-50(48)57(51-29-13-11-27-49(51)56)53-36-40-34-33-37-17-3-4-20-41(37)55(40)46-24-8-6-23-45(46)53/h3-36H,1-2H3. The molecule has 0 bridgehead atoms. The van der Waals surface area contributed by atoms with Crippen molar-refractivity contribution in [2.45, 2.75) is 19.3 Å². The summed E-state index contributed by atoms with van der Waals surface area (Å²) in [5.41, 5.74) is 13.0. The molecule has 0 radical (unpaired) electrons. The Morgan fingerprint density at radius 1 is 0.279 bits per heavy atom. The Balaban J connectivity index is 1.07. The second-order valence-electron chi connectivity index (χ2n) is 17.5. The van der Waals surface area contributed by atoms with Crippen molar-refractivity contribution in [3.8, 4) is 44.5 Å². The van der Waals surface area contributed by atoms with Crippen LogP contribution in [0.4, 0.5) is 0 Å². The van der Waals surface area contributed by atoms with E-state index in [0.29, 0.717) is 0 Å². The zero-order valence-electron chi connectivity index (χ0n) is 34.1. The minimum absolute atomic E-state index is 0.163. The Hall–Kier alpha value is -7.54. The molecule has 13 rings (SSSR count). The van der Waals surface area contributed by atoms with Gasteiger partial charge in [0.25, 0.3) is 0 Å². The summed E-state index contributed by atoms with van der Waals surface area (Å²) in [4.78, 5) is 0. The van der Waals surface area contributed by atoms with Gasteiger partial charge in [-0.15, -0.1) is 0 Å². The van der Waals surface area contributed by atoms with Gasteiger partial charge in [-0.25, -0.2) is 0 Å². The molecule has 12 aromatic carbocycles. The van der Waals surface area contributed by atoms with Crippen LogP contribution in [0.25, 0.3) is 120 Å². The van der Waals surface area contributed by atoms with Crippen LogP contribution in [0, 0.1) is 0 Å². The summed E-state index contributed by atoms with van der Waals surface area (Å²) in [5.74, 6) is 0. The van der Waals surface area contributed by atoms with Gasteiger partial charge in [0, 0.05) is 5.41 Å². The average Bonchev–Trinajstić information content (AvgIpc) is 3.57. The maximum Gasteiger partial charge on any atom is 0.0165 e. The topological polar surface area (TPSA) is 0 Å². The van der Waals surface area contributed by atoms with Gasteiger partial charge in [-0.2, -0.15) is 0 Å². The molecule has 0 fully saturated rings. The third kappa shape index (κ3) is 4.76. The van der Waals surface area contributed by atoms with Gasteiger partial charge in [-0.3, -0.25) is 0 Å². The lowest BCUT2D eigenvalue weighted by Crippen LogP contribution is -2.15. The van der Waals surface area contributed by atoms with E-state index in [1.807, 2.05) is 0 Å². The van der Waals surface area contributed by atoms with Crippen molar-refractivity contribution in [1.82, 2.24) is 0 Å². The molecule has 0 aliphatic heterocycles. The van der Waals surface area contributed by atoms with Crippen LogP contribution in [0.2, 0.25) is 0 Å². The summed E-state index contributed by atoms with van der Waals surface area (Å²) in [6, 6.07) is 77.3. The molecule has 0 amide bonds. The summed E-state index contributed by atoms with van der Waals surface area (Å²) in [5, 5.41) is 18.1. The summed E-state index contributed by atoms with van der Waals surface area (Å²) < 4.78 is 0. The third-order valence-electron chi connectivity index (χ3n) is 14.0. The molecule has 12 aromatic rings. The SMILES string of the molecule is CC1(C)c2cccc(-c3cccc(-c4c5ccccc5c(-c5cc6ccc7ccccc7c6c6ccccc56)c5ccccc45)c3)c2-c2c1c1ccccc1c1ccccc21. The van der Waals surface area contributed by atoms with Gasteiger partial charge in [-0.1, -0.05) is 208 Å². The minimum Gasteiger partial charge on any atom is -0.0616 e. The first kappa shape index (κ1) is 34.3. The van der Waals surface area contributed by atoms with Gasteiger partial charge in [0.15, 0.2) is 0 Å². The largest absolute Gasteiger partial charge is 0.0616 e. The normalized spacial score (nSPS) is 13.2. The van der Waals surface area contributed by atoms with E-state index in [9.17, 15) is 0 Å². The molecule has 1 aliphatic carbocycles. The molecule has 0 unspecified atom stereocenters. The number of benzene rings is 12. The summed E-state index contributed by atoms with van der Waals surface area (Å²) >= 11 is 0.